The fourth-order valence-corrected chi connectivity index (χ4v) is 2.64. The van der Waals surface area contributed by atoms with Gasteiger partial charge in [-0.15, -0.1) is 0 Å². The Morgan fingerprint density at radius 1 is 1.00 bits per heavy atom. The molecule has 1 N–H and O–H groups in total. The highest BCUT2D eigenvalue weighted by atomic mass is 35.5. The Bertz CT molecular complexity index is 885. The second-order valence-corrected chi connectivity index (χ2v) is 5.49. The van der Waals surface area contributed by atoms with E-state index in [0.29, 0.717) is 29.4 Å². The molecule has 7 heteroatoms. The fraction of sp³-hybridized carbons (Fsp3) is 0.222. The lowest BCUT2D eigenvalue weighted by Gasteiger charge is -2.13. The third-order valence-electron chi connectivity index (χ3n) is 3.60. The Morgan fingerprint density at radius 2 is 1.68 bits per heavy atom. The number of ether oxygens (including phenoxy) is 3. The lowest BCUT2D eigenvalue weighted by molar-refractivity contribution is 0.340. The summed E-state index contributed by atoms with van der Waals surface area (Å²) in [5, 5.41) is 4.18. The third-order valence-corrected chi connectivity index (χ3v) is 3.77. The van der Waals surface area contributed by atoms with Crippen LogP contribution in [0.25, 0.3) is 10.9 Å². The molecule has 1 heterocycles. The largest absolute Gasteiger partial charge is 0.494 e. The molecule has 6 nitrogen and oxygen atoms in total. The van der Waals surface area contributed by atoms with Crippen molar-refractivity contribution in [2.24, 2.45) is 0 Å². The van der Waals surface area contributed by atoms with Crippen LogP contribution >= 0.6 is 11.6 Å². The summed E-state index contributed by atoms with van der Waals surface area (Å²) in [5.74, 6) is 2.57. The van der Waals surface area contributed by atoms with Crippen molar-refractivity contribution in [3.63, 3.8) is 0 Å². The average Bonchev–Trinajstić information content (AvgIpc) is 2.62. The molecule has 0 spiro atoms. The molecule has 0 radical (unpaired) electrons. The van der Waals surface area contributed by atoms with E-state index in [1.165, 1.54) is 0 Å². The van der Waals surface area contributed by atoms with E-state index >= 15 is 0 Å². The number of methoxy groups -OCH3 is 2. The molecule has 0 aliphatic carbocycles. The number of benzene rings is 2. The predicted molar refractivity (Wildman–Crippen MR) is 98.5 cm³/mol. The highest BCUT2D eigenvalue weighted by molar-refractivity contribution is 6.28. The first-order chi connectivity index (χ1) is 12.1. The molecule has 1 aromatic heterocycles. The van der Waals surface area contributed by atoms with Crippen LogP contribution in [0, 0.1) is 0 Å². The Hall–Kier alpha value is -2.73. The minimum absolute atomic E-state index is 0.146. The summed E-state index contributed by atoms with van der Waals surface area (Å²) in [7, 11) is 3.16. The first-order valence-electron chi connectivity index (χ1n) is 7.73. The van der Waals surface area contributed by atoms with E-state index in [9.17, 15) is 0 Å². The molecule has 0 fully saturated rings. The van der Waals surface area contributed by atoms with Gasteiger partial charge in [0.15, 0.2) is 11.5 Å². The maximum Gasteiger partial charge on any atom is 0.224 e. The van der Waals surface area contributed by atoms with Gasteiger partial charge in [0.2, 0.25) is 5.28 Å². The molecule has 0 atom stereocenters. The normalized spacial score (nSPS) is 10.6. The number of nitrogens with zero attached hydrogens (tertiary/aromatic N) is 2. The highest BCUT2D eigenvalue weighted by Crippen LogP contribution is 2.35. The van der Waals surface area contributed by atoms with Crippen molar-refractivity contribution in [1.29, 1.82) is 0 Å². The van der Waals surface area contributed by atoms with E-state index in [-0.39, 0.29) is 5.28 Å². The van der Waals surface area contributed by atoms with Gasteiger partial charge in [0.1, 0.15) is 11.6 Å². The van der Waals surface area contributed by atoms with Crippen molar-refractivity contribution in [2.75, 3.05) is 26.1 Å². The molecule has 0 bridgehead atoms. The van der Waals surface area contributed by atoms with Crippen molar-refractivity contribution in [3.05, 3.63) is 41.7 Å². The second-order valence-electron chi connectivity index (χ2n) is 5.15. The molecule has 0 unspecified atom stereocenters. The highest BCUT2D eigenvalue weighted by Gasteiger charge is 2.13. The van der Waals surface area contributed by atoms with Gasteiger partial charge in [0.25, 0.3) is 0 Å². The van der Waals surface area contributed by atoms with E-state index in [1.54, 1.807) is 20.3 Å². The lowest BCUT2D eigenvalue weighted by Crippen LogP contribution is -1.99. The van der Waals surface area contributed by atoms with Gasteiger partial charge in [0, 0.05) is 17.1 Å². The number of fused-ring (bicyclic) bond motifs is 1. The first kappa shape index (κ1) is 17.1. The zero-order valence-electron chi connectivity index (χ0n) is 14.2. The van der Waals surface area contributed by atoms with E-state index in [0.717, 1.165) is 16.8 Å². The number of anilines is 2. The van der Waals surface area contributed by atoms with Crippen LogP contribution in [0.15, 0.2) is 36.4 Å². The number of hydrogen-bond acceptors (Lipinski definition) is 6. The number of halogens is 1. The molecule has 2 aromatic carbocycles. The number of rotatable bonds is 6. The van der Waals surface area contributed by atoms with E-state index in [1.807, 2.05) is 37.3 Å². The Kier molecular flexibility index (Phi) is 5.09. The number of hydrogen-bond donors (Lipinski definition) is 1. The summed E-state index contributed by atoms with van der Waals surface area (Å²) in [5.41, 5.74) is 1.51. The molecular formula is C18H18ClN3O3. The minimum atomic E-state index is 0.146. The Balaban J connectivity index is 2.02. The van der Waals surface area contributed by atoms with Crippen LogP contribution in [-0.2, 0) is 0 Å². The average molecular weight is 360 g/mol. The summed E-state index contributed by atoms with van der Waals surface area (Å²) in [6.07, 6.45) is 0. The van der Waals surface area contributed by atoms with Gasteiger partial charge in [-0.3, -0.25) is 0 Å². The molecular weight excluding hydrogens is 342 g/mol. The third kappa shape index (κ3) is 3.69. The van der Waals surface area contributed by atoms with Crippen LogP contribution in [0.3, 0.4) is 0 Å². The molecule has 0 amide bonds. The maximum atomic E-state index is 6.07. The summed E-state index contributed by atoms with van der Waals surface area (Å²) < 4.78 is 16.1. The number of aromatic nitrogens is 2. The Morgan fingerprint density at radius 3 is 2.32 bits per heavy atom. The van der Waals surface area contributed by atoms with Gasteiger partial charge in [-0.25, -0.2) is 4.98 Å². The van der Waals surface area contributed by atoms with Crippen molar-refractivity contribution in [3.8, 4) is 17.2 Å². The molecule has 0 aliphatic heterocycles. The summed E-state index contributed by atoms with van der Waals surface area (Å²) >= 11 is 6.07. The predicted octanol–water partition coefficient (Wildman–Crippen LogP) is 4.44. The topological polar surface area (TPSA) is 65.5 Å². The fourth-order valence-electron chi connectivity index (χ4n) is 2.46. The first-order valence-corrected chi connectivity index (χ1v) is 8.11. The quantitative estimate of drug-likeness (QED) is 0.656. The second kappa shape index (κ2) is 7.44. The zero-order valence-corrected chi connectivity index (χ0v) is 14.9. The SMILES string of the molecule is CCOc1ccc(Nc2nc(Cl)nc3cc(OC)c(OC)cc23)cc1. The van der Waals surface area contributed by atoms with Crippen molar-refractivity contribution in [1.82, 2.24) is 9.97 Å². The van der Waals surface area contributed by atoms with Gasteiger partial charge in [-0.05, 0) is 48.9 Å². The lowest BCUT2D eigenvalue weighted by atomic mass is 10.2. The van der Waals surface area contributed by atoms with Crippen LogP contribution in [0.4, 0.5) is 11.5 Å². The summed E-state index contributed by atoms with van der Waals surface area (Å²) in [6.45, 7) is 2.57. The van der Waals surface area contributed by atoms with Gasteiger partial charge in [0.05, 0.1) is 26.3 Å². The zero-order chi connectivity index (χ0) is 17.8. The molecule has 130 valence electrons. The van der Waals surface area contributed by atoms with Crippen LogP contribution in [-0.4, -0.2) is 30.8 Å². The summed E-state index contributed by atoms with van der Waals surface area (Å²) in [6, 6.07) is 11.2. The smallest absolute Gasteiger partial charge is 0.224 e. The molecule has 25 heavy (non-hydrogen) atoms. The van der Waals surface area contributed by atoms with Crippen LogP contribution in [0.1, 0.15) is 6.92 Å². The van der Waals surface area contributed by atoms with Gasteiger partial charge < -0.3 is 19.5 Å². The van der Waals surface area contributed by atoms with Crippen LogP contribution in [0.2, 0.25) is 5.28 Å². The van der Waals surface area contributed by atoms with Gasteiger partial charge in [-0.1, -0.05) is 0 Å². The molecule has 3 aromatic rings. The van der Waals surface area contributed by atoms with E-state index in [4.69, 9.17) is 25.8 Å². The standard InChI is InChI=1S/C18H18ClN3O3/c1-4-25-12-7-5-11(6-8-12)20-17-13-9-15(23-2)16(24-3)10-14(13)21-18(19)22-17/h5-10H,4H2,1-3H3,(H,20,21,22). The van der Waals surface area contributed by atoms with Crippen molar-refractivity contribution in [2.45, 2.75) is 6.92 Å². The summed E-state index contributed by atoms with van der Waals surface area (Å²) in [4.78, 5) is 8.56. The van der Waals surface area contributed by atoms with Crippen molar-refractivity contribution >= 4 is 34.0 Å². The van der Waals surface area contributed by atoms with Crippen molar-refractivity contribution < 1.29 is 14.2 Å². The molecule has 3 rings (SSSR count). The molecule has 0 aliphatic rings. The Labute approximate surface area is 150 Å². The molecule has 0 saturated carbocycles. The monoisotopic (exact) mass is 359 g/mol. The van der Waals surface area contributed by atoms with E-state index in [2.05, 4.69) is 15.3 Å². The number of nitrogens with one attached hydrogen (secondary N) is 1. The van der Waals surface area contributed by atoms with Gasteiger partial charge in [-0.2, -0.15) is 4.98 Å². The van der Waals surface area contributed by atoms with E-state index < -0.39 is 0 Å². The van der Waals surface area contributed by atoms with Crippen LogP contribution in [0.5, 0.6) is 17.2 Å². The van der Waals surface area contributed by atoms with Crippen LogP contribution < -0.4 is 19.5 Å². The molecule has 0 saturated heterocycles. The maximum absolute atomic E-state index is 6.07. The minimum Gasteiger partial charge on any atom is -0.494 e. The van der Waals surface area contributed by atoms with Gasteiger partial charge >= 0.3 is 0 Å².